The minimum Gasteiger partial charge on any atom is -0.872 e. The Bertz CT molecular complexity index is 1820. The molecule has 0 unspecified atom stereocenters. The standard InChI is InChI=1S/C34H26N6O11/c1-17(41)24(27(42)43)14-18-2-8-21(9-3-18)35-32-38-33(36-22-10-4-19(5-11-22)15-25(28(44)45)29(46)47)40-34(39-32)37-23-12-6-20(7-13-23)16-26(30(48)49)31(50)51/h2-16,41H,1H2,(H,42,43)(H,44,45)(H,46,47)(H,48,49)(H,50,51)(H3,35,36,37,38,39,40)/p-6/b24-14-. The molecule has 17 heteroatoms. The van der Waals surface area contributed by atoms with E-state index in [0.29, 0.717) is 22.6 Å². The molecule has 0 aliphatic carbocycles. The van der Waals surface area contributed by atoms with Crippen molar-refractivity contribution in [2.45, 2.75) is 0 Å². The molecule has 1 aromatic heterocycles. The average Bonchev–Trinajstić information content (AvgIpc) is 3.06. The van der Waals surface area contributed by atoms with Crippen LogP contribution in [-0.2, 0) is 24.0 Å². The molecule has 51 heavy (non-hydrogen) atoms. The molecule has 0 amide bonds. The molecule has 3 N–H and O–H groups in total. The molecule has 0 radical (unpaired) electrons. The lowest BCUT2D eigenvalue weighted by atomic mass is 10.1. The van der Waals surface area contributed by atoms with Crippen LogP contribution in [0.5, 0.6) is 0 Å². The first-order valence-corrected chi connectivity index (χ1v) is 14.1. The van der Waals surface area contributed by atoms with Gasteiger partial charge in [-0.3, -0.25) is 0 Å². The van der Waals surface area contributed by atoms with Crippen LogP contribution in [0.1, 0.15) is 16.7 Å². The van der Waals surface area contributed by atoms with Crippen molar-refractivity contribution in [3.8, 4) is 0 Å². The highest BCUT2D eigenvalue weighted by atomic mass is 16.4. The number of hydrogen-bond donors (Lipinski definition) is 3. The van der Waals surface area contributed by atoms with E-state index in [1.165, 1.54) is 72.8 Å². The number of rotatable bonds is 15. The molecule has 258 valence electrons. The van der Waals surface area contributed by atoms with Crippen molar-refractivity contribution in [3.05, 3.63) is 119 Å². The maximum atomic E-state index is 11.5. The van der Waals surface area contributed by atoms with Gasteiger partial charge in [-0.25, -0.2) is 0 Å². The Morgan fingerprint density at radius 3 is 0.882 bits per heavy atom. The van der Waals surface area contributed by atoms with Gasteiger partial charge in [0.2, 0.25) is 17.8 Å². The normalized spacial score (nSPS) is 10.6. The number of anilines is 6. The minimum absolute atomic E-state index is 0.0131. The molecule has 0 fully saturated rings. The molecule has 0 bridgehead atoms. The molecule has 0 atom stereocenters. The van der Waals surface area contributed by atoms with Crippen molar-refractivity contribution in [3.63, 3.8) is 0 Å². The SMILES string of the molecule is C=C([O-])/C(=C/c1ccc(Nc2nc(Nc3ccc(C=C(C(=O)[O-])C(=O)[O-])cc3)nc(Nc3ccc(C=C(C(=O)[O-])C(=O)[O-])cc3)n2)cc1)C(=O)[O-]. The van der Waals surface area contributed by atoms with Crippen LogP contribution in [0.4, 0.5) is 34.9 Å². The summed E-state index contributed by atoms with van der Waals surface area (Å²) in [6.07, 6.45) is 2.81. The molecular weight excluding hydrogens is 668 g/mol. The molecule has 0 spiro atoms. The molecule has 1 heterocycles. The fourth-order valence-corrected chi connectivity index (χ4v) is 4.07. The molecule has 0 saturated heterocycles. The first kappa shape index (κ1) is 36.0. The Kier molecular flexibility index (Phi) is 11.2. The van der Waals surface area contributed by atoms with E-state index in [0.717, 1.165) is 18.2 Å². The summed E-state index contributed by atoms with van der Waals surface area (Å²) in [6.45, 7) is 3.09. The van der Waals surface area contributed by atoms with Crippen LogP contribution in [-0.4, -0.2) is 44.8 Å². The third-order valence-electron chi connectivity index (χ3n) is 6.47. The summed E-state index contributed by atoms with van der Waals surface area (Å²) in [6, 6.07) is 17.6. The lowest BCUT2D eigenvalue weighted by Crippen LogP contribution is -2.36. The number of aliphatic carboxylic acids is 5. The van der Waals surface area contributed by atoms with E-state index in [2.05, 4.69) is 37.5 Å². The molecule has 3 aromatic carbocycles. The third-order valence-corrected chi connectivity index (χ3v) is 6.47. The monoisotopic (exact) mass is 688 g/mol. The number of benzene rings is 3. The number of aromatic nitrogens is 3. The quantitative estimate of drug-likeness (QED) is 0.0366. The van der Waals surface area contributed by atoms with Crippen molar-refractivity contribution in [2.24, 2.45) is 0 Å². The van der Waals surface area contributed by atoms with Crippen LogP contribution in [0.3, 0.4) is 0 Å². The molecule has 0 saturated carbocycles. The zero-order chi connectivity index (χ0) is 37.2. The predicted molar refractivity (Wildman–Crippen MR) is 167 cm³/mol. The Morgan fingerprint density at radius 1 is 0.431 bits per heavy atom. The summed E-state index contributed by atoms with van der Waals surface area (Å²) in [7, 11) is 0. The largest absolute Gasteiger partial charge is 0.872 e. The maximum Gasteiger partial charge on any atom is 0.233 e. The first-order chi connectivity index (χ1) is 24.2. The van der Waals surface area contributed by atoms with Crippen LogP contribution >= 0.6 is 0 Å². The fraction of sp³-hybridized carbons (Fsp3) is 0. The summed E-state index contributed by atoms with van der Waals surface area (Å²) < 4.78 is 0. The van der Waals surface area contributed by atoms with Gasteiger partial charge in [-0.2, -0.15) is 15.0 Å². The number of hydrogen-bond acceptors (Lipinski definition) is 17. The van der Waals surface area contributed by atoms with Gasteiger partial charge in [-0.15, -0.1) is 12.3 Å². The van der Waals surface area contributed by atoms with E-state index in [-0.39, 0.29) is 29.0 Å². The number of carboxylic acids is 5. The molecule has 0 aliphatic rings. The summed E-state index contributed by atoms with van der Waals surface area (Å²) in [5, 5.41) is 75.7. The second kappa shape index (κ2) is 15.8. The number of carbonyl (C=O) groups excluding carboxylic acids is 5. The topological polar surface area (TPSA) is 298 Å². The first-order valence-electron chi connectivity index (χ1n) is 14.1. The van der Waals surface area contributed by atoms with Gasteiger partial charge < -0.3 is 70.6 Å². The van der Waals surface area contributed by atoms with Crippen molar-refractivity contribution < 1.29 is 54.6 Å². The second-order valence-electron chi connectivity index (χ2n) is 10.1. The van der Waals surface area contributed by atoms with Crippen LogP contribution in [0.15, 0.2) is 102 Å². The van der Waals surface area contributed by atoms with Crippen molar-refractivity contribution in [1.82, 2.24) is 15.0 Å². The summed E-state index contributed by atoms with van der Waals surface area (Å²) >= 11 is 0. The van der Waals surface area contributed by atoms with Crippen LogP contribution in [0, 0.1) is 0 Å². The minimum atomic E-state index is -1.92. The summed E-state index contributed by atoms with van der Waals surface area (Å²) in [5.74, 6) is -10.4. The summed E-state index contributed by atoms with van der Waals surface area (Å²) in [5.41, 5.74) is -0.778. The predicted octanol–water partition coefficient (Wildman–Crippen LogP) is -3.12. The highest BCUT2D eigenvalue weighted by molar-refractivity contribution is 6.15. The van der Waals surface area contributed by atoms with Crippen LogP contribution in [0.25, 0.3) is 18.2 Å². The Labute approximate surface area is 286 Å². The van der Waals surface area contributed by atoms with Gasteiger partial charge in [0.25, 0.3) is 0 Å². The van der Waals surface area contributed by atoms with Gasteiger partial charge >= 0.3 is 0 Å². The molecule has 17 nitrogen and oxygen atoms in total. The van der Waals surface area contributed by atoms with Gasteiger partial charge in [0, 0.05) is 28.2 Å². The molecule has 4 aromatic rings. The summed E-state index contributed by atoms with van der Waals surface area (Å²) in [4.78, 5) is 68.4. The van der Waals surface area contributed by atoms with Crippen LogP contribution < -0.4 is 46.6 Å². The molecule has 4 rings (SSSR count). The number of carbonyl (C=O) groups is 5. The Hall–Kier alpha value is -7.82. The van der Waals surface area contributed by atoms with E-state index in [1.54, 1.807) is 0 Å². The van der Waals surface area contributed by atoms with Crippen molar-refractivity contribution in [1.29, 1.82) is 0 Å². The van der Waals surface area contributed by atoms with E-state index in [9.17, 15) is 54.6 Å². The van der Waals surface area contributed by atoms with Gasteiger partial charge in [0.05, 0.1) is 29.8 Å². The smallest absolute Gasteiger partial charge is 0.233 e. The Balaban J connectivity index is 1.64. The highest BCUT2D eigenvalue weighted by Gasteiger charge is 2.10. The van der Waals surface area contributed by atoms with E-state index in [1.807, 2.05) is 0 Å². The molecule has 0 aliphatic heterocycles. The van der Waals surface area contributed by atoms with Gasteiger partial charge in [0.15, 0.2) is 0 Å². The molecular formula is C34H20N6O11-6. The average molecular weight is 689 g/mol. The highest BCUT2D eigenvalue weighted by Crippen LogP contribution is 2.23. The van der Waals surface area contributed by atoms with Crippen LogP contribution in [0.2, 0.25) is 0 Å². The van der Waals surface area contributed by atoms with Gasteiger partial charge in [-0.1, -0.05) is 36.4 Å². The third kappa shape index (κ3) is 10.1. The van der Waals surface area contributed by atoms with Crippen molar-refractivity contribution >= 4 is 83.0 Å². The zero-order valence-corrected chi connectivity index (χ0v) is 25.7. The number of nitrogens with zero attached hydrogens (tertiary/aromatic N) is 3. The number of carboxylic acid groups (broad SMARTS) is 5. The lowest BCUT2D eigenvalue weighted by Gasteiger charge is -2.15. The van der Waals surface area contributed by atoms with E-state index < -0.39 is 52.3 Å². The zero-order valence-electron chi connectivity index (χ0n) is 25.7. The van der Waals surface area contributed by atoms with Crippen molar-refractivity contribution in [2.75, 3.05) is 16.0 Å². The number of nitrogens with one attached hydrogen (secondary N) is 3. The van der Waals surface area contributed by atoms with E-state index in [4.69, 9.17) is 0 Å². The second-order valence-corrected chi connectivity index (χ2v) is 10.1. The van der Waals surface area contributed by atoms with Gasteiger partial charge in [0.1, 0.15) is 0 Å². The van der Waals surface area contributed by atoms with Gasteiger partial charge in [-0.05, 0) is 76.9 Å². The maximum absolute atomic E-state index is 11.5. The lowest BCUT2D eigenvalue weighted by molar-refractivity contribution is -0.315. The Morgan fingerprint density at radius 2 is 0.667 bits per heavy atom. The van der Waals surface area contributed by atoms with E-state index >= 15 is 0 Å². The fourth-order valence-electron chi connectivity index (χ4n) is 4.07.